The molecule has 0 saturated heterocycles. The predicted octanol–water partition coefficient (Wildman–Crippen LogP) is 3.67. The summed E-state index contributed by atoms with van der Waals surface area (Å²) in [6.07, 6.45) is 0.291. The molecular formula is C11H6ClFN2S. The normalized spacial score (nSPS) is 10.1. The molecule has 5 heteroatoms. The highest BCUT2D eigenvalue weighted by atomic mass is 35.5. The van der Waals surface area contributed by atoms with Crippen molar-refractivity contribution >= 4 is 22.9 Å². The van der Waals surface area contributed by atoms with Gasteiger partial charge in [-0.1, -0.05) is 11.6 Å². The monoisotopic (exact) mass is 252 g/mol. The number of hydrogen-bond acceptors (Lipinski definition) is 3. The van der Waals surface area contributed by atoms with Crippen LogP contribution >= 0.6 is 22.9 Å². The zero-order valence-electron chi connectivity index (χ0n) is 8.08. The SMILES string of the molecule is N#CCc1nc(-c2ccc(F)c(Cl)c2)cs1. The van der Waals surface area contributed by atoms with Crippen molar-refractivity contribution in [2.24, 2.45) is 0 Å². The van der Waals surface area contributed by atoms with Crippen molar-refractivity contribution in [3.8, 4) is 17.3 Å². The van der Waals surface area contributed by atoms with Crippen LogP contribution in [0.5, 0.6) is 0 Å². The Morgan fingerprint density at radius 2 is 2.31 bits per heavy atom. The van der Waals surface area contributed by atoms with E-state index in [0.29, 0.717) is 6.42 Å². The van der Waals surface area contributed by atoms with Gasteiger partial charge in [-0.05, 0) is 18.2 Å². The summed E-state index contributed by atoms with van der Waals surface area (Å²) in [5.74, 6) is -0.446. The van der Waals surface area contributed by atoms with Crippen LogP contribution in [0.25, 0.3) is 11.3 Å². The van der Waals surface area contributed by atoms with Crippen molar-refractivity contribution in [2.75, 3.05) is 0 Å². The third-order valence-corrected chi connectivity index (χ3v) is 3.14. The highest BCUT2D eigenvalue weighted by molar-refractivity contribution is 7.10. The van der Waals surface area contributed by atoms with E-state index in [-0.39, 0.29) is 5.02 Å². The molecule has 1 heterocycles. The highest BCUT2D eigenvalue weighted by Crippen LogP contribution is 2.26. The zero-order chi connectivity index (χ0) is 11.5. The lowest BCUT2D eigenvalue weighted by Gasteiger charge is -1.98. The minimum atomic E-state index is -0.446. The fourth-order valence-electron chi connectivity index (χ4n) is 1.25. The van der Waals surface area contributed by atoms with Crippen LogP contribution in [0.3, 0.4) is 0 Å². The molecule has 0 N–H and O–H groups in total. The molecule has 1 aromatic heterocycles. The maximum Gasteiger partial charge on any atom is 0.141 e. The molecule has 0 amide bonds. The van der Waals surface area contributed by atoms with Crippen LogP contribution in [-0.2, 0) is 6.42 Å². The lowest BCUT2D eigenvalue weighted by atomic mass is 10.2. The molecule has 1 aromatic carbocycles. The van der Waals surface area contributed by atoms with Gasteiger partial charge in [0.15, 0.2) is 0 Å². The molecular weight excluding hydrogens is 247 g/mol. The van der Waals surface area contributed by atoms with Gasteiger partial charge in [0.1, 0.15) is 10.8 Å². The lowest BCUT2D eigenvalue weighted by molar-refractivity contribution is 0.628. The Balaban J connectivity index is 2.36. The van der Waals surface area contributed by atoms with E-state index in [9.17, 15) is 4.39 Å². The summed E-state index contributed by atoms with van der Waals surface area (Å²) in [6, 6.07) is 6.48. The molecule has 0 spiro atoms. The second kappa shape index (κ2) is 4.60. The second-order valence-electron chi connectivity index (χ2n) is 3.09. The Labute approximate surface area is 101 Å². The van der Waals surface area contributed by atoms with Crippen molar-refractivity contribution in [3.63, 3.8) is 0 Å². The van der Waals surface area contributed by atoms with Gasteiger partial charge in [-0.25, -0.2) is 9.37 Å². The fourth-order valence-corrected chi connectivity index (χ4v) is 2.16. The predicted molar refractivity (Wildman–Crippen MR) is 61.8 cm³/mol. The molecule has 2 rings (SSSR count). The minimum Gasteiger partial charge on any atom is -0.240 e. The van der Waals surface area contributed by atoms with E-state index in [2.05, 4.69) is 4.98 Å². The van der Waals surface area contributed by atoms with E-state index < -0.39 is 5.82 Å². The van der Waals surface area contributed by atoms with E-state index in [1.807, 2.05) is 11.4 Å². The van der Waals surface area contributed by atoms with Crippen LogP contribution in [0.15, 0.2) is 23.6 Å². The van der Waals surface area contributed by atoms with Gasteiger partial charge in [-0.15, -0.1) is 11.3 Å². The first-order chi connectivity index (χ1) is 7.70. The highest BCUT2D eigenvalue weighted by Gasteiger charge is 2.07. The molecule has 0 aliphatic carbocycles. The first-order valence-electron chi connectivity index (χ1n) is 4.47. The van der Waals surface area contributed by atoms with Crippen LogP contribution in [0.2, 0.25) is 5.02 Å². The molecule has 0 aliphatic rings. The molecule has 0 radical (unpaired) electrons. The summed E-state index contributed by atoms with van der Waals surface area (Å²) < 4.78 is 12.9. The van der Waals surface area contributed by atoms with Crippen LogP contribution < -0.4 is 0 Å². The van der Waals surface area contributed by atoms with E-state index in [4.69, 9.17) is 16.9 Å². The van der Waals surface area contributed by atoms with E-state index >= 15 is 0 Å². The van der Waals surface area contributed by atoms with E-state index in [1.165, 1.54) is 23.5 Å². The Morgan fingerprint density at radius 3 is 3.00 bits per heavy atom. The van der Waals surface area contributed by atoms with Gasteiger partial charge in [-0.3, -0.25) is 0 Å². The van der Waals surface area contributed by atoms with Crippen LogP contribution in [0.1, 0.15) is 5.01 Å². The molecule has 0 saturated carbocycles. The summed E-state index contributed by atoms with van der Waals surface area (Å²) in [6.45, 7) is 0. The van der Waals surface area contributed by atoms with Gasteiger partial charge in [0.2, 0.25) is 0 Å². The topological polar surface area (TPSA) is 36.7 Å². The first kappa shape index (κ1) is 11.1. The maximum absolute atomic E-state index is 12.9. The Hall–Kier alpha value is -1.44. The summed E-state index contributed by atoms with van der Waals surface area (Å²) in [7, 11) is 0. The standard InChI is InChI=1S/C11H6ClFN2S/c12-8-5-7(1-2-9(8)13)10-6-16-11(15-10)3-4-14/h1-2,5-6H,3H2. The number of hydrogen-bond donors (Lipinski definition) is 0. The van der Waals surface area contributed by atoms with E-state index in [0.717, 1.165) is 16.3 Å². The van der Waals surface area contributed by atoms with Crippen molar-refractivity contribution in [1.29, 1.82) is 5.26 Å². The number of nitriles is 1. The van der Waals surface area contributed by atoms with Gasteiger partial charge in [0, 0.05) is 10.9 Å². The Morgan fingerprint density at radius 1 is 1.50 bits per heavy atom. The Kier molecular flexibility index (Phi) is 3.18. The average molecular weight is 253 g/mol. The van der Waals surface area contributed by atoms with Crippen molar-refractivity contribution in [1.82, 2.24) is 4.98 Å². The van der Waals surface area contributed by atoms with Crippen LogP contribution in [-0.4, -0.2) is 4.98 Å². The van der Waals surface area contributed by atoms with Crippen molar-refractivity contribution in [2.45, 2.75) is 6.42 Å². The first-order valence-corrected chi connectivity index (χ1v) is 5.73. The molecule has 0 unspecified atom stereocenters. The fraction of sp³-hybridized carbons (Fsp3) is 0.0909. The van der Waals surface area contributed by atoms with Crippen molar-refractivity contribution < 1.29 is 4.39 Å². The molecule has 0 atom stereocenters. The van der Waals surface area contributed by atoms with Gasteiger partial charge in [-0.2, -0.15) is 5.26 Å². The van der Waals surface area contributed by atoms with Gasteiger partial charge < -0.3 is 0 Å². The third kappa shape index (κ3) is 2.21. The largest absolute Gasteiger partial charge is 0.240 e. The number of nitrogens with zero attached hydrogens (tertiary/aromatic N) is 2. The lowest BCUT2D eigenvalue weighted by Crippen LogP contribution is -1.83. The molecule has 16 heavy (non-hydrogen) atoms. The van der Waals surface area contributed by atoms with E-state index in [1.54, 1.807) is 6.07 Å². The molecule has 0 fully saturated rings. The molecule has 80 valence electrons. The van der Waals surface area contributed by atoms with Crippen LogP contribution in [0.4, 0.5) is 4.39 Å². The number of halogens is 2. The Bertz CT molecular complexity index is 559. The molecule has 0 bridgehead atoms. The summed E-state index contributed by atoms with van der Waals surface area (Å²) in [4.78, 5) is 4.26. The van der Waals surface area contributed by atoms with Gasteiger partial charge in [0.25, 0.3) is 0 Å². The quantitative estimate of drug-likeness (QED) is 0.818. The minimum absolute atomic E-state index is 0.0762. The van der Waals surface area contributed by atoms with Crippen molar-refractivity contribution in [3.05, 3.63) is 39.4 Å². The third-order valence-electron chi connectivity index (χ3n) is 2.00. The summed E-state index contributed by atoms with van der Waals surface area (Å²) >= 11 is 7.09. The zero-order valence-corrected chi connectivity index (χ0v) is 9.65. The smallest absolute Gasteiger partial charge is 0.141 e. The van der Waals surface area contributed by atoms with Gasteiger partial charge >= 0.3 is 0 Å². The average Bonchev–Trinajstić information content (AvgIpc) is 2.71. The summed E-state index contributed by atoms with van der Waals surface area (Å²) in [5.41, 5.74) is 1.48. The molecule has 0 aliphatic heterocycles. The maximum atomic E-state index is 12.9. The molecule has 2 aromatic rings. The number of aromatic nitrogens is 1. The van der Waals surface area contributed by atoms with Gasteiger partial charge in [0.05, 0.1) is 23.2 Å². The number of thiazole rings is 1. The second-order valence-corrected chi connectivity index (χ2v) is 4.44. The number of benzene rings is 1. The summed E-state index contributed by atoms with van der Waals surface area (Å²) in [5, 5.41) is 11.2. The molecule has 2 nitrogen and oxygen atoms in total. The number of rotatable bonds is 2. The van der Waals surface area contributed by atoms with Crippen LogP contribution in [0, 0.1) is 17.1 Å².